The van der Waals surface area contributed by atoms with Crippen molar-refractivity contribution in [3.63, 3.8) is 0 Å². The fourth-order valence-corrected chi connectivity index (χ4v) is 1.48. The zero-order valence-corrected chi connectivity index (χ0v) is 9.91. The van der Waals surface area contributed by atoms with E-state index in [9.17, 15) is 13.2 Å². The molecule has 100 valence electrons. The summed E-state index contributed by atoms with van der Waals surface area (Å²) in [5.74, 6) is -2.87. The van der Waals surface area contributed by atoms with Gasteiger partial charge in [-0.1, -0.05) is 0 Å². The molecule has 0 radical (unpaired) electrons. The number of anilines is 1. The molecule has 19 heavy (non-hydrogen) atoms. The second-order valence-corrected chi connectivity index (χ2v) is 3.70. The Kier molecular flexibility index (Phi) is 3.50. The average Bonchev–Trinajstić information content (AvgIpc) is 2.37. The molecule has 0 aliphatic rings. The first-order valence-corrected chi connectivity index (χ1v) is 5.27. The molecule has 0 saturated heterocycles. The van der Waals surface area contributed by atoms with Crippen molar-refractivity contribution in [1.82, 2.24) is 0 Å². The molecular formula is C13H10F3NO2. The lowest BCUT2D eigenvalue weighted by atomic mass is 10.2. The second-order valence-electron chi connectivity index (χ2n) is 3.70. The first-order chi connectivity index (χ1) is 9.01. The number of rotatable bonds is 3. The van der Waals surface area contributed by atoms with Crippen molar-refractivity contribution in [2.75, 3.05) is 12.8 Å². The van der Waals surface area contributed by atoms with Crippen LogP contribution in [0.15, 0.2) is 30.3 Å². The van der Waals surface area contributed by atoms with Gasteiger partial charge in [0.05, 0.1) is 12.8 Å². The first kappa shape index (κ1) is 13.1. The standard InChI is InChI=1S/C13H10F3NO2/c1-18-13-6-12(9(16)5-10(13)17)19-11-4-7(14)2-3-8(11)15/h2-6H,17H2,1H3. The van der Waals surface area contributed by atoms with Crippen LogP contribution in [0.4, 0.5) is 18.9 Å². The molecule has 2 aromatic rings. The summed E-state index contributed by atoms with van der Waals surface area (Å²) in [6.07, 6.45) is 0. The third-order valence-electron chi connectivity index (χ3n) is 2.40. The highest BCUT2D eigenvalue weighted by atomic mass is 19.1. The van der Waals surface area contributed by atoms with Crippen molar-refractivity contribution in [1.29, 1.82) is 0 Å². The fourth-order valence-electron chi connectivity index (χ4n) is 1.48. The largest absolute Gasteiger partial charge is 0.494 e. The molecule has 6 heteroatoms. The minimum absolute atomic E-state index is 0.0760. The summed E-state index contributed by atoms with van der Waals surface area (Å²) in [5, 5.41) is 0. The Morgan fingerprint density at radius 3 is 2.26 bits per heavy atom. The van der Waals surface area contributed by atoms with Gasteiger partial charge in [-0.05, 0) is 12.1 Å². The normalized spacial score (nSPS) is 10.3. The fraction of sp³-hybridized carbons (Fsp3) is 0.0769. The number of methoxy groups -OCH3 is 1. The third-order valence-corrected chi connectivity index (χ3v) is 2.40. The minimum atomic E-state index is -0.809. The molecular weight excluding hydrogens is 259 g/mol. The van der Waals surface area contributed by atoms with Crippen molar-refractivity contribution in [3.8, 4) is 17.2 Å². The van der Waals surface area contributed by atoms with Crippen LogP contribution in [-0.4, -0.2) is 7.11 Å². The van der Waals surface area contributed by atoms with Crippen LogP contribution >= 0.6 is 0 Å². The number of hydrogen-bond donors (Lipinski definition) is 1. The molecule has 2 N–H and O–H groups in total. The Morgan fingerprint density at radius 2 is 1.58 bits per heavy atom. The molecule has 0 aliphatic carbocycles. The molecule has 0 unspecified atom stereocenters. The van der Waals surface area contributed by atoms with Crippen LogP contribution in [0.2, 0.25) is 0 Å². The Morgan fingerprint density at radius 1 is 0.895 bits per heavy atom. The summed E-state index contributed by atoms with van der Waals surface area (Å²) in [6, 6.07) is 4.78. The van der Waals surface area contributed by atoms with E-state index in [1.165, 1.54) is 7.11 Å². The summed E-state index contributed by atoms with van der Waals surface area (Å²) in [6.45, 7) is 0. The van der Waals surface area contributed by atoms with E-state index in [-0.39, 0.29) is 17.2 Å². The van der Waals surface area contributed by atoms with Gasteiger partial charge in [-0.3, -0.25) is 0 Å². The highest BCUT2D eigenvalue weighted by molar-refractivity contribution is 5.56. The summed E-state index contributed by atoms with van der Waals surface area (Å²) in [7, 11) is 1.34. The molecule has 0 saturated carbocycles. The van der Waals surface area contributed by atoms with Crippen molar-refractivity contribution < 1.29 is 22.6 Å². The van der Waals surface area contributed by atoms with Gasteiger partial charge in [0.15, 0.2) is 23.1 Å². The van der Waals surface area contributed by atoms with Crippen LogP contribution in [0.5, 0.6) is 17.2 Å². The van der Waals surface area contributed by atoms with E-state index in [0.717, 1.165) is 30.3 Å². The van der Waals surface area contributed by atoms with E-state index < -0.39 is 23.2 Å². The third kappa shape index (κ3) is 2.73. The Balaban J connectivity index is 2.40. The van der Waals surface area contributed by atoms with E-state index in [0.29, 0.717) is 0 Å². The van der Waals surface area contributed by atoms with E-state index >= 15 is 0 Å². The molecule has 0 heterocycles. The number of halogens is 3. The number of hydrogen-bond acceptors (Lipinski definition) is 3. The predicted molar refractivity (Wildman–Crippen MR) is 63.8 cm³/mol. The molecule has 0 spiro atoms. The van der Waals surface area contributed by atoms with Gasteiger partial charge in [0.25, 0.3) is 0 Å². The highest BCUT2D eigenvalue weighted by Gasteiger charge is 2.13. The monoisotopic (exact) mass is 269 g/mol. The van der Waals surface area contributed by atoms with Crippen LogP contribution in [-0.2, 0) is 0 Å². The van der Waals surface area contributed by atoms with Gasteiger partial charge in [0.1, 0.15) is 11.6 Å². The smallest absolute Gasteiger partial charge is 0.168 e. The van der Waals surface area contributed by atoms with Gasteiger partial charge in [-0.2, -0.15) is 0 Å². The van der Waals surface area contributed by atoms with Crippen LogP contribution < -0.4 is 15.2 Å². The molecule has 2 aromatic carbocycles. The summed E-state index contributed by atoms with van der Waals surface area (Å²) < 4.78 is 49.8. The lowest BCUT2D eigenvalue weighted by molar-refractivity contribution is 0.392. The second kappa shape index (κ2) is 5.09. The number of benzene rings is 2. The quantitative estimate of drug-likeness (QED) is 0.867. The van der Waals surface area contributed by atoms with Crippen LogP contribution in [0.1, 0.15) is 0 Å². The molecule has 0 aliphatic heterocycles. The van der Waals surface area contributed by atoms with Crippen molar-refractivity contribution in [2.24, 2.45) is 0 Å². The Hall–Kier alpha value is -2.37. The lowest BCUT2D eigenvalue weighted by Gasteiger charge is -2.11. The molecule has 0 atom stereocenters. The maximum Gasteiger partial charge on any atom is 0.168 e. The van der Waals surface area contributed by atoms with Crippen LogP contribution in [0, 0.1) is 17.5 Å². The molecule has 2 rings (SSSR count). The predicted octanol–water partition coefficient (Wildman–Crippen LogP) is 3.49. The van der Waals surface area contributed by atoms with E-state index in [2.05, 4.69) is 0 Å². The maximum absolute atomic E-state index is 13.6. The van der Waals surface area contributed by atoms with Crippen LogP contribution in [0.25, 0.3) is 0 Å². The number of ether oxygens (including phenoxy) is 2. The van der Waals surface area contributed by atoms with Crippen LogP contribution in [0.3, 0.4) is 0 Å². The van der Waals surface area contributed by atoms with Gasteiger partial charge >= 0.3 is 0 Å². The van der Waals surface area contributed by atoms with Crippen molar-refractivity contribution in [2.45, 2.75) is 0 Å². The maximum atomic E-state index is 13.6. The van der Waals surface area contributed by atoms with Gasteiger partial charge in [0.2, 0.25) is 0 Å². The van der Waals surface area contributed by atoms with Crippen molar-refractivity contribution >= 4 is 5.69 Å². The SMILES string of the molecule is COc1cc(Oc2cc(F)ccc2F)c(F)cc1N. The van der Waals surface area contributed by atoms with E-state index in [1.807, 2.05) is 0 Å². The van der Waals surface area contributed by atoms with Gasteiger partial charge in [0, 0.05) is 18.2 Å². The zero-order chi connectivity index (χ0) is 14.0. The number of nitrogen functional groups attached to an aromatic ring is 1. The average molecular weight is 269 g/mol. The molecule has 0 fully saturated rings. The first-order valence-electron chi connectivity index (χ1n) is 5.27. The molecule has 0 aromatic heterocycles. The highest BCUT2D eigenvalue weighted by Crippen LogP contribution is 2.33. The zero-order valence-electron chi connectivity index (χ0n) is 9.91. The molecule has 0 bridgehead atoms. The van der Waals surface area contributed by atoms with Gasteiger partial charge in [-0.25, -0.2) is 13.2 Å². The lowest BCUT2D eigenvalue weighted by Crippen LogP contribution is -1.97. The van der Waals surface area contributed by atoms with E-state index in [4.69, 9.17) is 15.2 Å². The minimum Gasteiger partial charge on any atom is -0.494 e. The molecule has 0 amide bonds. The molecule has 3 nitrogen and oxygen atoms in total. The Bertz CT molecular complexity index is 617. The number of nitrogens with two attached hydrogens (primary N) is 1. The Labute approximate surface area is 107 Å². The van der Waals surface area contributed by atoms with Gasteiger partial charge < -0.3 is 15.2 Å². The van der Waals surface area contributed by atoms with Crippen molar-refractivity contribution in [3.05, 3.63) is 47.8 Å². The summed E-state index contributed by atoms with van der Waals surface area (Å²) in [5.41, 5.74) is 5.57. The van der Waals surface area contributed by atoms with Gasteiger partial charge in [-0.15, -0.1) is 0 Å². The topological polar surface area (TPSA) is 44.5 Å². The summed E-state index contributed by atoms with van der Waals surface area (Å²) >= 11 is 0. The van der Waals surface area contributed by atoms with E-state index in [1.54, 1.807) is 0 Å². The summed E-state index contributed by atoms with van der Waals surface area (Å²) in [4.78, 5) is 0.